The molecule has 9 rings (SSSR count). The summed E-state index contributed by atoms with van der Waals surface area (Å²) in [6.45, 7) is 11.3. The fourth-order valence-corrected chi connectivity index (χ4v) is 9.09. The number of carbonyl (C=O) groups is 2. The van der Waals surface area contributed by atoms with E-state index in [1.54, 1.807) is 32.2 Å². The van der Waals surface area contributed by atoms with Crippen LogP contribution in [0.3, 0.4) is 0 Å². The molecule has 4 aliphatic rings. The lowest BCUT2D eigenvalue weighted by atomic mass is 9.88. The van der Waals surface area contributed by atoms with E-state index in [0.29, 0.717) is 59.0 Å². The van der Waals surface area contributed by atoms with Crippen LogP contribution in [0.25, 0.3) is 32.9 Å². The van der Waals surface area contributed by atoms with Gasteiger partial charge < -0.3 is 38.2 Å². The van der Waals surface area contributed by atoms with Crippen molar-refractivity contribution < 1.29 is 42.4 Å². The minimum absolute atomic E-state index is 0.0314. The lowest BCUT2D eigenvalue weighted by Gasteiger charge is -2.36. The van der Waals surface area contributed by atoms with Crippen LogP contribution in [-0.2, 0) is 25.6 Å². The van der Waals surface area contributed by atoms with E-state index in [9.17, 15) is 9.59 Å². The van der Waals surface area contributed by atoms with Crippen LogP contribution in [0, 0.1) is 12.7 Å². The Bertz CT molecular complexity index is 2510. The molecule has 14 nitrogen and oxygen atoms in total. The monoisotopic (exact) mass is 850 g/mol. The number of anilines is 1. The number of fused-ring (bicyclic) bond motifs is 4. The molecule has 0 radical (unpaired) electrons. The number of hydrogen-bond acceptors (Lipinski definition) is 12. The molecule has 328 valence electrons. The highest BCUT2D eigenvalue weighted by Crippen LogP contribution is 2.54. The number of likely N-dealkylation sites (tertiary alicyclic amines) is 1. The fourth-order valence-electron chi connectivity index (χ4n) is 9.09. The molecule has 4 atom stereocenters. The Hall–Kier alpha value is -5.54. The van der Waals surface area contributed by atoms with Gasteiger partial charge in [0.2, 0.25) is 0 Å². The van der Waals surface area contributed by atoms with E-state index in [1.807, 2.05) is 55.6 Å². The van der Waals surface area contributed by atoms with Gasteiger partial charge in [0.25, 0.3) is 0 Å². The molecule has 1 saturated carbocycles. The summed E-state index contributed by atoms with van der Waals surface area (Å²) >= 11 is 0. The van der Waals surface area contributed by atoms with Crippen molar-refractivity contribution in [3.05, 3.63) is 70.7 Å². The zero-order chi connectivity index (χ0) is 43.4. The number of aromatic nitrogens is 4. The second kappa shape index (κ2) is 16.6. The number of carbonyl (C=O) groups excluding carboxylic acids is 2. The minimum Gasteiger partial charge on any atom is -0.486 e. The minimum atomic E-state index is -0.613. The summed E-state index contributed by atoms with van der Waals surface area (Å²) in [4.78, 5) is 39.9. The van der Waals surface area contributed by atoms with Gasteiger partial charge in [0.15, 0.2) is 12.0 Å². The van der Waals surface area contributed by atoms with Gasteiger partial charge in [-0.25, -0.2) is 18.7 Å². The second-order valence-electron chi connectivity index (χ2n) is 18.0. The zero-order valence-electron chi connectivity index (χ0n) is 36.5. The third-order valence-corrected chi connectivity index (χ3v) is 12.5. The molecule has 5 aromatic rings. The number of benzene rings is 3. The maximum absolute atomic E-state index is 16.5. The number of hydrogen-bond donors (Lipinski definition) is 0. The molecule has 3 aliphatic heterocycles. The lowest BCUT2D eigenvalue weighted by molar-refractivity contribution is -0.0367. The van der Waals surface area contributed by atoms with Gasteiger partial charge in [0, 0.05) is 54.8 Å². The molecule has 5 heterocycles. The predicted octanol–water partition coefficient (Wildman–Crippen LogP) is 8.65. The van der Waals surface area contributed by atoms with E-state index in [0.717, 1.165) is 66.0 Å². The number of methoxy groups -OCH3 is 2. The van der Waals surface area contributed by atoms with Gasteiger partial charge in [0.1, 0.15) is 36.0 Å². The summed E-state index contributed by atoms with van der Waals surface area (Å²) in [6.07, 6.45) is 6.37. The van der Waals surface area contributed by atoms with E-state index in [2.05, 4.69) is 11.0 Å². The first-order valence-electron chi connectivity index (χ1n) is 21.7. The maximum atomic E-state index is 16.5. The molecule has 2 aromatic heterocycles. The van der Waals surface area contributed by atoms with Crippen molar-refractivity contribution in [2.45, 2.75) is 116 Å². The van der Waals surface area contributed by atoms with Crippen molar-refractivity contribution in [2.24, 2.45) is 0 Å². The Morgan fingerprint density at radius 3 is 2.42 bits per heavy atom. The lowest BCUT2D eigenvalue weighted by Crippen LogP contribution is -2.50. The first-order chi connectivity index (χ1) is 29.8. The van der Waals surface area contributed by atoms with Gasteiger partial charge in [-0.3, -0.25) is 0 Å². The van der Waals surface area contributed by atoms with Gasteiger partial charge in [-0.1, -0.05) is 12.1 Å². The van der Waals surface area contributed by atoms with Gasteiger partial charge >= 0.3 is 18.1 Å². The first kappa shape index (κ1) is 41.8. The molecule has 1 unspecified atom stereocenters. The summed E-state index contributed by atoms with van der Waals surface area (Å²) in [6, 6.07) is 10.8. The number of rotatable bonds is 12. The number of amides is 1. The number of esters is 1. The highest BCUT2D eigenvalue weighted by Gasteiger charge is 2.48. The molecule has 4 fully saturated rings. The van der Waals surface area contributed by atoms with Gasteiger partial charge in [0.05, 0.1) is 42.6 Å². The normalized spacial score (nSPS) is 20.5. The van der Waals surface area contributed by atoms with Crippen molar-refractivity contribution in [2.75, 3.05) is 45.4 Å². The summed E-state index contributed by atoms with van der Waals surface area (Å²) in [5, 5.41) is 6.38. The van der Waals surface area contributed by atoms with E-state index < -0.39 is 11.6 Å². The fraction of sp³-hybridized carbons (Fsp3) is 0.511. The van der Waals surface area contributed by atoms with E-state index in [-0.39, 0.29) is 61.5 Å². The molecule has 0 N–H and O–H groups in total. The quantitative estimate of drug-likeness (QED) is 0.111. The van der Waals surface area contributed by atoms with Crippen LogP contribution in [0.5, 0.6) is 11.8 Å². The van der Waals surface area contributed by atoms with Gasteiger partial charge in [-0.2, -0.15) is 15.1 Å². The maximum Gasteiger partial charge on any atom is 0.410 e. The summed E-state index contributed by atoms with van der Waals surface area (Å²) in [7, 11) is 2.97. The number of ether oxygens (including phenoxy) is 6. The molecule has 1 amide bonds. The number of nitrogens with zero attached hydrogens (tertiary/aromatic N) is 6. The van der Waals surface area contributed by atoms with Crippen molar-refractivity contribution >= 4 is 39.7 Å². The molecule has 3 saturated heterocycles. The molecule has 15 heteroatoms. The molecule has 2 bridgehead atoms. The Labute approximate surface area is 360 Å². The molecule has 3 aromatic carbocycles. The van der Waals surface area contributed by atoms with Crippen LogP contribution in [0.15, 0.2) is 42.6 Å². The Kier molecular flexibility index (Phi) is 11.2. The summed E-state index contributed by atoms with van der Waals surface area (Å²) < 4.78 is 54.1. The molecule has 62 heavy (non-hydrogen) atoms. The van der Waals surface area contributed by atoms with Crippen LogP contribution in [0.4, 0.5) is 15.0 Å². The van der Waals surface area contributed by atoms with Crippen molar-refractivity contribution in [3.63, 3.8) is 0 Å². The van der Waals surface area contributed by atoms with Crippen molar-refractivity contribution in [3.8, 4) is 22.9 Å². The van der Waals surface area contributed by atoms with Crippen molar-refractivity contribution in [1.29, 1.82) is 0 Å². The zero-order valence-corrected chi connectivity index (χ0v) is 36.5. The first-order valence-corrected chi connectivity index (χ1v) is 21.7. The topological polar surface area (TPSA) is 140 Å². The van der Waals surface area contributed by atoms with Gasteiger partial charge in [-0.15, -0.1) is 0 Å². The molecule has 0 spiro atoms. The Morgan fingerprint density at radius 2 is 1.76 bits per heavy atom. The average molecular weight is 851 g/mol. The molecular weight excluding hydrogens is 796 g/mol. The highest BCUT2D eigenvalue weighted by molar-refractivity contribution is 6.06. The SMILES string of the molecule is COC(=O)c1ccc(COc2c(-c3c(C)c(F)cc4c3cnn4C3CCCCO3)c(C3CC3)cc3c(N4C[C@@H]5C[C@H]4CN5C(=O)OC(C)(C)C)nc(OC[C@@H](C)OC)nc23)cc1. The van der Waals surface area contributed by atoms with Crippen molar-refractivity contribution in [1.82, 2.24) is 24.6 Å². The van der Waals surface area contributed by atoms with E-state index in [4.69, 9.17) is 43.5 Å². The van der Waals surface area contributed by atoms with Crippen LogP contribution < -0.4 is 14.4 Å². The molecular formula is C47H55FN6O8. The number of piperazine rings is 1. The number of halogens is 1. The Balaban J connectivity index is 1.24. The van der Waals surface area contributed by atoms with Crippen LogP contribution in [0.1, 0.15) is 105 Å². The highest BCUT2D eigenvalue weighted by atomic mass is 19.1. The smallest absolute Gasteiger partial charge is 0.410 e. The largest absolute Gasteiger partial charge is 0.486 e. The third-order valence-electron chi connectivity index (χ3n) is 12.5. The molecule has 1 aliphatic carbocycles. The summed E-state index contributed by atoms with van der Waals surface area (Å²) in [5.74, 6) is 0.521. The summed E-state index contributed by atoms with van der Waals surface area (Å²) in [5.41, 5.74) is 4.67. The van der Waals surface area contributed by atoms with E-state index >= 15 is 4.39 Å². The van der Waals surface area contributed by atoms with E-state index in [1.165, 1.54) is 7.11 Å². The average Bonchev–Trinajstić information content (AvgIpc) is 3.70. The third kappa shape index (κ3) is 8.00. The predicted molar refractivity (Wildman–Crippen MR) is 230 cm³/mol. The Morgan fingerprint density at radius 1 is 0.968 bits per heavy atom. The van der Waals surface area contributed by atoms with Crippen LogP contribution in [0.2, 0.25) is 0 Å². The van der Waals surface area contributed by atoms with Gasteiger partial charge in [-0.05, 0) is 114 Å². The van der Waals surface area contributed by atoms with Crippen LogP contribution in [-0.4, -0.2) is 101 Å². The van der Waals surface area contributed by atoms with Crippen LogP contribution >= 0.6 is 0 Å². The second-order valence-corrected chi connectivity index (χ2v) is 18.0. The standard InChI is InChI=1S/C47H55FN6O8/c1-26(57-6)24-61-45-50-41-34(43(51-45)52-22-32-18-31(52)23-53(32)46(56)62-47(3,4)5)19-33(29-15-16-29)40(42(41)60-25-28-11-13-30(14-12-28)44(55)58-7)39-27(2)36(48)20-37-35(39)21-49-54(37)38-10-8-9-17-59-38/h11-14,19-21,26,29,31-32,38H,8-10,15-18,22-25H2,1-7H3/t26-,31+,32+,38?/m1/s1.